The minimum absolute atomic E-state index is 0.214. The number of rotatable bonds is 4. The third-order valence-electron chi connectivity index (χ3n) is 5.42. The second kappa shape index (κ2) is 6.67. The van der Waals surface area contributed by atoms with Gasteiger partial charge in [0, 0.05) is 38.3 Å². The topological polar surface area (TPSA) is 55.8 Å². The van der Waals surface area contributed by atoms with Crippen LogP contribution >= 0.6 is 0 Å². The van der Waals surface area contributed by atoms with Crippen molar-refractivity contribution in [3.63, 3.8) is 0 Å². The quantitative estimate of drug-likeness (QED) is 0.863. The number of amides is 1. The lowest BCUT2D eigenvalue weighted by molar-refractivity contribution is -0.0948. The molecule has 0 saturated carbocycles. The first kappa shape index (κ1) is 18.3. The molecular weight excluding hydrogens is 321 g/mol. The van der Waals surface area contributed by atoms with E-state index in [9.17, 15) is 14.3 Å². The molecule has 6 heteroatoms. The molecule has 3 rings (SSSR count). The summed E-state index contributed by atoms with van der Waals surface area (Å²) in [6.07, 6.45) is 1.70. The van der Waals surface area contributed by atoms with Crippen LogP contribution < -0.4 is 5.32 Å². The maximum absolute atomic E-state index is 13.6. The number of halogens is 1. The minimum Gasteiger partial charge on any atom is -0.388 e. The van der Waals surface area contributed by atoms with Crippen molar-refractivity contribution < 1.29 is 14.3 Å². The van der Waals surface area contributed by atoms with Crippen molar-refractivity contribution >= 4 is 5.91 Å². The molecule has 5 nitrogen and oxygen atoms in total. The number of aliphatic hydroxyl groups is 1. The standard InChI is InChI=1S/C19H28FN3O2/c1-14-4-5-15(20)10-16(14)17(24)21-19(6-8-22(3)9-7-19)13-23-11-18(2,25)12-23/h4-5,10,25H,6-9,11-13H2,1-3H3,(H,21,24). The van der Waals surface area contributed by atoms with Gasteiger partial charge in [0.25, 0.3) is 5.91 Å². The van der Waals surface area contributed by atoms with E-state index >= 15 is 0 Å². The largest absolute Gasteiger partial charge is 0.388 e. The second-order valence-electron chi connectivity index (χ2n) is 8.14. The third kappa shape index (κ3) is 4.19. The molecule has 0 spiro atoms. The second-order valence-corrected chi connectivity index (χ2v) is 8.14. The molecule has 2 heterocycles. The van der Waals surface area contributed by atoms with E-state index in [0.717, 1.165) is 38.0 Å². The molecule has 1 aromatic carbocycles. The van der Waals surface area contributed by atoms with Crippen molar-refractivity contribution in [2.75, 3.05) is 39.8 Å². The molecular formula is C19H28FN3O2. The zero-order valence-electron chi connectivity index (χ0n) is 15.3. The predicted octanol–water partition coefficient (Wildman–Crippen LogP) is 1.39. The number of aryl methyl sites for hydroxylation is 1. The molecule has 2 aliphatic heterocycles. The van der Waals surface area contributed by atoms with Gasteiger partial charge in [-0.1, -0.05) is 6.07 Å². The lowest BCUT2D eigenvalue weighted by Crippen LogP contribution is -2.67. The first-order chi connectivity index (χ1) is 11.7. The van der Waals surface area contributed by atoms with E-state index in [1.165, 1.54) is 12.1 Å². The van der Waals surface area contributed by atoms with Gasteiger partial charge >= 0.3 is 0 Å². The van der Waals surface area contributed by atoms with Crippen molar-refractivity contribution in [2.24, 2.45) is 0 Å². The molecule has 2 N–H and O–H groups in total. The van der Waals surface area contributed by atoms with E-state index in [4.69, 9.17) is 0 Å². The Labute approximate surface area is 148 Å². The zero-order valence-corrected chi connectivity index (χ0v) is 15.3. The van der Waals surface area contributed by atoms with E-state index in [2.05, 4.69) is 22.2 Å². The van der Waals surface area contributed by atoms with E-state index in [1.807, 2.05) is 13.8 Å². The van der Waals surface area contributed by atoms with Crippen LogP contribution in [0, 0.1) is 12.7 Å². The third-order valence-corrected chi connectivity index (χ3v) is 5.42. The van der Waals surface area contributed by atoms with E-state index in [-0.39, 0.29) is 11.4 Å². The number of nitrogens with one attached hydrogen (secondary N) is 1. The fourth-order valence-electron chi connectivity index (χ4n) is 3.97. The highest BCUT2D eigenvalue weighted by Crippen LogP contribution is 2.28. The van der Waals surface area contributed by atoms with Crippen molar-refractivity contribution in [1.82, 2.24) is 15.1 Å². The van der Waals surface area contributed by atoms with Gasteiger partial charge in [0.05, 0.1) is 11.1 Å². The van der Waals surface area contributed by atoms with Crippen LogP contribution in [0.25, 0.3) is 0 Å². The number of piperidine rings is 1. The van der Waals surface area contributed by atoms with Crippen molar-refractivity contribution in [3.05, 3.63) is 35.1 Å². The van der Waals surface area contributed by atoms with E-state index < -0.39 is 11.4 Å². The highest BCUT2D eigenvalue weighted by molar-refractivity contribution is 5.96. The summed E-state index contributed by atoms with van der Waals surface area (Å²) >= 11 is 0. The maximum Gasteiger partial charge on any atom is 0.252 e. The van der Waals surface area contributed by atoms with Gasteiger partial charge in [0.1, 0.15) is 5.82 Å². The fourth-order valence-corrected chi connectivity index (χ4v) is 3.97. The lowest BCUT2D eigenvalue weighted by Gasteiger charge is -2.51. The molecule has 0 aromatic heterocycles. The summed E-state index contributed by atoms with van der Waals surface area (Å²) in [5.41, 5.74) is 0.206. The number of hydrogen-bond acceptors (Lipinski definition) is 4. The maximum atomic E-state index is 13.6. The van der Waals surface area contributed by atoms with Crippen LogP contribution in [0.4, 0.5) is 4.39 Å². The summed E-state index contributed by atoms with van der Waals surface area (Å²) in [6, 6.07) is 4.32. The summed E-state index contributed by atoms with van der Waals surface area (Å²) in [6.45, 7) is 7.44. The zero-order chi connectivity index (χ0) is 18.2. The summed E-state index contributed by atoms with van der Waals surface area (Å²) < 4.78 is 13.6. The Morgan fingerprint density at radius 3 is 2.56 bits per heavy atom. The average Bonchev–Trinajstić information content (AvgIpc) is 2.51. The average molecular weight is 349 g/mol. The van der Waals surface area contributed by atoms with Gasteiger partial charge in [0.2, 0.25) is 0 Å². The molecule has 0 unspecified atom stereocenters. The Kier molecular flexibility index (Phi) is 4.88. The lowest BCUT2D eigenvalue weighted by atomic mass is 9.84. The van der Waals surface area contributed by atoms with E-state index in [0.29, 0.717) is 18.7 Å². The van der Waals surface area contributed by atoms with Gasteiger partial charge in [-0.2, -0.15) is 0 Å². The number of carbonyl (C=O) groups excluding carboxylic acids is 1. The molecule has 0 radical (unpaired) electrons. The van der Waals surface area contributed by atoms with Gasteiger partial charge in [-0.05, 0) is 51.4 Å². The van der Waals surface area contributed by atoms with Crippen LogP contribution in [-0.2, 0) is 0 Å². The highest BCUT2D eigenvalue weighted by atomic mass is 19.1. The van der Waals surface area contributed by atoms with E-state index in [1.54, 1.807) is 6.07 Å². The molecule has 2 fully saturated rings. The number of carbonyl (C=O) groups is 1. The van der Waals surface area contributed by atoms with Gasteiger partial charge in [-0.3, -0.25) is 9.69 Å². The molecule has 2 saturated heterocycles. The molecule has 1 amide bonds. The van der Waals surface area contributed by atoms with Crippen LogP contribution in [0.2, 0.25) is 0 Å². The summed E-state index contributed by atoms with van der Waals surface area (Å²) in [4.78, 5) is 17.3. The van der Waals surface area contributed by atoms with Crippen LogP contribution in [0.5, 0.6) is 0 Å². The summed E-state index contributed by atoms with van der Waals surface area (Å²) in [7, 11) is 2.08. The molecule has 2 aliphatic rings. The number of nitrogens with zero attached hydrogens (tertiary/aromatic N) is 2. The molecule has 0 atom stereocenters. The van der Waals surface area contributed by atoms with Gasteiger partial charge < -0.3 is 15.3 Å². The van der Waals surface area contributed by atoms with Crippen LogP contribution in [0.15, 0.2) is 18.2 Å². The van der Waals surface area contributed by atoms with Crippen LogP contribution in [0.1, 0.15) is 35.7 Å². The van der Waals surface area contributed by atoms with Gasteiger partial charge in [0.15, 0.2) is 0 Å². The van der Waals surface area contributed by atoms with Gasteiger partial charge in [-0.15, -0.1) is 0 Å². The summed E-state index contributed by atoms with van der Waals surface area (Å²) in [5, 5.41) is 13.2. The smallest absolute Gasteiger partial charge is 0.252 e. The normalized spacial score (nSPS) is 23.1. The Hall–Kier alpha value is -1.50. The summed E-state index contributed by atoms with van der Waals surface area (Å²) in [5.74, 6) is -0.610. The molecule has 0 bridgehead atoms. The molecule has 138 valence electrons. The number of hydrogen-bond donors (Lipinski definition) is 2. The number of β-amino-alcohol motifs (C(OH)–C–C–N with tert-alkyl or cyclic N) is 1. The van der Waals surface area contributed by atoms with Gasteiger partial charge in [-0.25, -0.2) is 4.39 Å². The first-order valence-electron chi connectivity index (χ1n) is 8.90. The monoisotopic (exact) mass is 349 g/mol. The van der Waals surface area contributed by atoms with Crippen molar-refractivity contribution in [3.8, 4) is 0 Å². The Bertz CT molecular complexity index is 646. The predicted molar refractivity (Wildman–Crippen MR) is 95.1 cm³/mol. The van der Waals surface area contributed by atoms with Crippen molar-refractivity contribution in [1.29, 1.82) is 0 Å². The van der Waals surface area contributed by atoms with Crippen molar-refractivity contribution in [2.45, 2.75) is 37.8 Å². The Balaban J connectivity index is 1.75. The van der Waals surface area contributed by atoms with Crippen LogP contribution in [0.3, 0.4) is 0 Å². The molecule has 25 heavy (non-hydrogen) atoms. The van der Waals surface area contributed by atoms with Crippen LogP contribution in [-0.4, -0.2) is 71.7 Å². The first-order valence-corrected chi connectivity index (χ1v) is 8.90. The number of likely N-dealkylation sites (tertiary alicyclic amines) is 2. The SMILES string of the molecule is Cc1ccc(F)cc1C(=O)NC1(CN2CC(C)(O)C2)CCN(C)CC1. The Morgan fingerprint density at radius 1 is 1.32 bits per heavy atom. The minimum atomic E-state index is -0.629. The Morgan fingerprint density at radius 2 is 1.96 bits per heavy atom. The fraction of sp³-hybridized carbons (Fsp3) is 0.632. The molecule has 1 aromatic rings. The molecule has 0 aliphatic carbocycles. The highest BCUT2D eigenvalue weighted by Gasteiger charge is 2.43. The number of benzene rings is 1.